The zero-order valence-electron chi connectivity index (χ0n) is 11.6. The summed E-state index contributed by atoms with van der Waals surface area (Å²) < 4.78 is 5.35. The molecule has 1 heterocycles. The van der Waals surface area contributed by atoms with Gasteiger partial charge < -0.3 is 10.1 Å². The third kappa shape index (κ3) is 4.27. The Hall–Kier alpha value is -0.570. The molecule has 1 aliphatic heterocycles. The molecule has 0 aromatic carbocycles. The van der Waals surface area contributed by atoms with E-state index in [4.69, 9.17) is 4.74 Å². The van der Waals surface area contributed by atoms with E-state index in [0.717, 1.165) is 25.4 Å². The van der Waals surface area contributed by atoms with E-state index >= 15 is 0 Å². The molecule has 0 radical (unpaired) electrons. The monoisotopic (exact) mass is 253 g/mol. The van der Waals surface area contributed by atoms with Crippen molar-refractivity contribution in [1.29, 1.82) is 0 Å². The molecule has 104 valence electrons. The van der Waals surface area contributed by atoms with Crippen molar-refractivity contribution in [3.63, 3.8) is 0 Å². The minimum atomic E-state index is 0.00685. The maximum atomic E-state index is 11.7. The molecule has 3 nitrogen and oxygen atoms in total. The topological polar surface area (TPSA) is 38.3 Å². The normalized spacial score (nSPS) is 26.4. The molecule has 0 spiro atoms. The summed E-state index contributed by atoms with van der Waals surface area (Å²) in [6.07, 6.45) is 8.20. The average molecular weight is 253 g/mol. The molecule has 1 aliphatic carbocycles. The fourth-order valence-corrected chi connectivity index (χ4v) is 2.97. The standard InChI is InChI=1S/C15H27NO2/c1-12(14-6-3-8-16-11-14)10-15(17)18-9-7-13-4-2-5-13/h12-14,16H,2-11H2,1H3. The zero-order valence-corrected chi connectivity index (χ0v) is 11.6. The molecule has 2 fully saturated rings. The van der Waals surface area contributed by atoms with Gasteiger partial charge in [0.15, 0.2) is 0 Å². The lowest BCUT2D eigenvalue weighted by molar-refractivity contribution is -0.145. The number of ether oxygens (including phenoxy) is 1. The highest BCUT2D eigenvalue weighted by molar-refractivity contribution is 5.69. The first-order valence-electron chi connectivity index (χ1n) is 7.62. The van der Waals surface area contributed by atoms with Crippen molar-refractivity contribution in [2.24, 2.45) is 17.8 Å². The van der Waals surface area contributed by atoms with Gasteiger partial charge in [0, 0.05) is 6.42 Å². The molecule has 3 heteroatoms. The van der Waals surface area contributed by atoms with Crippen LogP contribution >= 0.6 is 0 Å². The van der Waals surface area contributed by atoms with E-state index in [9.17, 15) is 4.79 Å². The van der Waals surface area contributed by atoms with E-state index in [1.54, 1.807) is 0 Å². The number of carbonyl (C=O) groups excluding carboxylic acids is 1. The van der Waals surface area contributed by atoms with Crippen molar-refractivity contribution < 1.29 is 9.53 Å². The van der Waals surface area contributed by atoms with Crippen LogP contribution in [0.4, 0.5) is 0 Å². The van der Waals surface area contributed by atoms with Crippen LogP contribution in [0.2, 0.25) is 0 Å². The Morgan fingerprint density at radius 1 is 1.33 bits per heavy atom. The van der Waals surface area contributed by atoms with Crippen molar-refractivity contribution >= 4 is 5.97 Å². The maximum Gasteiger partial charge on any atom is 0.306 e. The highest BCUT2D eigenvalue weighted by Gasteiger charge is 2.23. The Morgan fingerprint density at radius 3 is 2.78 bits per heavy atom. The number of hydrogen-bond donors (Lipinski definition) is 1. The molecule has 0 bridgehead atoms. The van der Waals surface area contributed by atoms with Crippen LogP contribution in [0.3, 0.4) is 0 Å². The Bertz CT molecular complexity index is 257. The van der Waals surface area contributed by atoms with Crippen LogP contribution in [0.25, 0.3) is 0 Å². The van der Waals surface area contributed by atoms with Gasteiger partial charge >= 0.3 is 5.97 Å². The molecule has 0 amide bonds. The minimum absolute atomic E-state index is 0.00685. The molecule has 1 saturated carbocycles. The first-order chi connectivity index (χ1) is 8.75. The van der Waals surface area contributed by atoms with Crippen LogP contribution in [0.1, 0.15) is 51.9 Å². The van der Waals surface area contributed by atoms with E-state index in [1.807, 2.05) is 0 Å². The Kier molecular flexibility index (Phi) is 5.48. The van der Waals surface area contributed by atoms with Gasteiger partial charge in [0.1, 0.15) is 0 Å². The number of nitrogens with one attached hydrogen (secondary N) is 1. The lowest BCUT2D eigenvalue weighted by atomic mass is 9.83. The molecule has 0 aromatic rings. The summed E-state index contributed by atoms with van der Waals surface area (Å²) >= 11 is 0. The summed E-state index contributed by atoms with van der Waals surface area (Å²) in [6, 6.07) is 0. The second-order valence-electron chi connectivity index (χ2n) is 6.09. The number of piperidine rings is 1. The summed E-state index contributed by atoms with van der Waals surface area (Å²) in [6.45, 7) is 5.02. The van der Waals surface area contributed by atoms with E-state index < -0.39 is 0 Å². The van der Waals surface area contributed by atoms with Gasteiger partial charge in [-0.3, -0.25) is 4.79 Å². The van der Waals surface area contributed by atoms with Crippen LogP contribution in [0.15, 0.2) is 0 Å². The van der Waals surface area contributed by atoms with Gasteiger partial charge in [-0.25, -0.2) is 0 Å². The van der Waals surface area contributed by atoms with Gasteiger partial charge in [0.25, 0.3) is 0 Å². The Morgan fingerprint density at radius 2 is 2.17 bits per heavy atom. The smallest absolute Gasteiger partial charge is 0.306 e. The Balaban J connectivity index is 1.57. The number of carbonyl (C=O) groups is 1. The summed E-state index contributed by atoms with van der Waals surface area (Å²) in [5, 5.41) is 3.41. The van der Waals surface area contributed by atoms with Crippen molar-refractivity contribution in [1.82, 2.24) is 5.32 Å². The predicted octanol–water partition coefficient (Wildman–Crippen LogP) is 2.75. The predicted molar refractivity (Wildman–Crippen MR) is 72.3 cm³/mol. The average Bonchev–Trinajstić information content (AvgIpc) is 2.33. The summed E-state index contributed by atoms with van der Waals surface area (Å²) in [5.74, 6) is 1.94. The lowest BCUT2D eigenvalue weighted by Crippen LogP contribution is -2.34. The molecule has 2 atom stereocenters. The summed E-state index contributed by atoms with van der Waals surface area (Å²) in [4.78, 5) is 11.7. The molecule has 1 N–H and O–H groups in total. The van der Waals surface area contributed by atoms with Crippen LogP contribution in [0.5, 0.6) is 0 Å². The van der Waals surface area contributed by atoms with Gasteiger partial charge in [-0.05, 0) is 50.1 Å². The summed E-state index contributed by atoms with van der Waals surface area (Å²) in [5.41, 5.74) is 0. The lowest BCUT2D eigenvalue weighted by Gasteiger charge is -2.28. The molecule has 2 rings (SSSR count). The largest absolute Gasteiger partial charge is 0.466 e. The van der Waals surface area contributed by atoms with Gasteiger partial charge in [0.2, 0.25) is 0 Å². The minimum Gasteiger partial charge on any atom is -0.466 e. The number of rotatable bonds is 6. The van der Waals surface area contributed by atoms with E-state index in [2.05, 4.69) is 12.2 Å². The van der Waals surface area contributed by atoms with E-state index in [-0.39, 0.29) is 5.97 Å². The molecular formula is C15H27NO2. The molecule has 1 saturated heterocycles. The third-order valence-electron chi connectivity index (χ3n) is 4.64. The fourth-order valence-electron chi connectivity index (χ4n) is 2.97. The molecule has 2 aliphatic rings. The highest BCUT2D eigenvalue weighted by atomic mass is 16.5. The highest BCUT2D eigenvalue weighted by Crippen LogP contribution is 2.29. The van der Waals surface area contributed by atoms with Crippen molar-refractivity contribution in [3.05, 3.63) is 0 Å². The molecule has 18 heavy (non-hydrogen) atoms. The first kappa shape index (κ1) is 13.9. The van der Waals surface area contributed by atoms with Crippen LogP contribution in [-0.2, 0) is 9.53 Å². The van der Waals surface area contributed by atoms with Gasteiger partial charge in [-0.1, -0.05) is 26.2 Å². The van der Waals surface area contributed by atoms with Gasteiger partial charge in [-0.15, -0.1) is 0 Å². The van der Waals surface area contributed by atoms with Crippen LogP contribution < -0.4 is 5.32 Å². The van der Waals surface area contributed by atoms with Crippen molar-refractivity contribution in [2.45, 2.75) is 51.9 Å². The third-order valence-corrected chi connectivity index (χ3v) is 4.64. The first-order valence-corrected chi connectivity index (χ1v) is 7.62. The molecule has 0 aromatic heterocycles. The van der Waals surface area contributed by atoms with Crippen LogP contribution in [-0.4, -0.2) is 25.7 Å². The maximum absolute atomic E-state index is 11.7. The number of esters is 1. The molecule has 2 unspecified atom stereocenters. The zero-order chi connectivity index (χ0) is 12.8. The second-order valence-corrected chi connectivity index (χ2v) is 6.09. The van der Waals surface area contributed by atoms with E-state index in [0.29, 0.717) is 24.9 Å². The number of hydrogen-bond acceptors (Lipinski definition) is 3. The SMILES string of the molecule is CC(CC(=O)OCCC1CCC1)C1CCCNC1. The molecular weight excluding hydrogens is 226 g/mol. The van der Waals surface area contributed by atoms with E-state index in [1.165, 1.54) is 32.1 Å². The van der Waals surface area contributed by atoms with Crippen molar-refractivity contribution in [2.75, 3.05) is 19.7 Å². The Labute approximate surface area is 111 Å². The van der Waals surface area contributed by atoms with Crippen molar-refractivity contribution in [3.8, 4) is 0 Å². The van der Waals surface area contributed by atoms with Gasteiger partial charge in [-0.2, -0.15) is 0 Å². The van der Waals surface area contributed by atoms with Gasteiger partial charge in [0.05, 0.1) is 6.61 Å². The summed E-state index contributed by atoms with van der Waals surface area (Å²) in [7, 11) is 0. The quantitative estimate of drug-likeness (QED) is 0.740. The second kappa shape index (κ2) is 7.13. The van der Waals surface area contributed by atoms with Crippen LogP contribution in [0, 0.1) is 17.8 Å². The fraction of sp³-hybridized carbons (Fsp3) is 0.933.